The summed E-state index contributed by atoms with van der Waals surface area (Å²) in [4.78, 5) is 11.7. The van der Waals surface area contributed by atoms with Crippen molar-refractivity contribution in [3.63, 3.8) is 0 Å². The third-order valence-corrected chi connectivity index (χ3v) is 2.53. The SMILES string of the molecule is COc1ccc(NC(=O)COCCOC(C)(C)C)c(N)c1. The quantitative estimate of drug-likeness (QED) is 0.594. The van der Waals surface area contributed by atoms with Gasteiger partial charge in [0.2, 0.25) is 5.91 Å². The van der Waals surface area contributed by atoms with Crippen molar-refractivity contribution in [3.8, 4) is 5.75 Å². The fourth-order valence-corrected chi connectivity index (χ4v) is 1.54. The summed E-state index contributed by atoms with van der Waals surface area (Å²) in [6.45, 7) is 6.66. The lowest BCUT2D eigenvalue weighted by molar-refractivity contribution is -0.121. The summed E-state index contributed by atoms with van der Waals surface area (Å²) in [5, 5.41) is 2.68. The summed E-state index contributed by atoms with van der Waals surface area (Å²) in [6.07, 6.45) is 0. The highest BCUT2D eigenvalue weighted by molar-refractivity contribution is 5.94. The molecular formula is C15H24N2O4. The fraction of sp³-hybridized carbons (Fsp3) is 0.533. The standard InChI is InChI=1S/C15H24N2O4/c1-15(2,3)21-8-7-20-10-14(18)17-13-6-5-11(19-4)9-12(13)16/h5-6,9H,7-8,10,16H2,1-4H3,(H,17,18). The number of rotatable bonds is 7. The second-order valence-corrected chi connectivity index (χ2v) is 5.51. The first-order chi connectivity index (χ1) is 9.81. The van der Waals surface area contributed by atoms with E-state index >= 15 is 0 Å². The van der Waals surface area contributed by atoms with Gasteiger partial charge < -0.3 is 25.3 Å². The van der Waals surface area contributed by atoms with E-state index in [4.69, 9.17) is 19.9 Å². The Balaban J connectivity index is 2.31. The fourth-order valence-electron chi connectivity index (χ4n) is 1.54. The maximum absolute atomic E-state index is 11.7. The molecule has 0 aliphatic carbocycles. The summed E-state index contributed by atoms with van der Waals surface area (Å²) in [5.74, 6) is 0.378. The molecule has 0 fully saturated rings. The van der Waals surface area contributed by atoms with Gasteiger partial charge in [0.05, 0.1) is 37.3 Å². The average molecular weight is 296 g/mol. The average Bonchev–Trinajstić information content (AvgIpc) is 2.39. The smallest absolute Gasteiger partial charge is 0.250 e. The summed E-state index contributed by atoms with van der Waals surface area (Å²) >= 11 is 0. The van der Waals surface area contributed by atoms with Crippen LogP contribution < -0.4 is 15.8 Å². The van der Waals surface area contributed by atoms with E-state index < -0.39 is 0 Å². The Morgan fingerprint density at radius 2 is 2.00 bits per heavy atom. The number of methoxy groups -OCH3 is 1. The minimum atomic E-state index is -0.261. The maximum atomic E-state index is 11.7. The third kappa shape index (κ3) is 6.97. The van der Waals surface area contributed by atoms with Crippen LogP contribution in [0.4, 0.5) is 11.4 Å². The lowest BCUT2D eigenvalue weighted by atomic mass is 10.2. The number of amides is 1. The van der Waals surface area contributed by atoms with E-state index in [2.05, 4.69) is 5.32 Å². The number of hydrogen-bond acceptors (Lipinski definition) is 5. The van der Waals surface area contributed by atoms with E-state index in [1.165, 1.54) is 0 Å². The molecule has 1 aromatic carbocycles. The van der Waals surface area contributed by atoms with E-state index in [9.17, 15) is 4.79 Å². The molecule has 1 amide bonds. The Hall–Kier alpha value is -1.79. The zero-order chi connectivity index (χ0) is 15.9. The second kappa shape index (κ2) is 7.85. The molecule has 3 N–H and O–H groups in total. The normalized spacial score (nSPS) is 11.2. The van der Waals surface area contributed by atoms with Crippen LogP contribution in [0.3, 0.4) is 0 Å². The topological polar surface area (TPSA) is 82.8 Å². The Labute approximate surface area is 125 Å². The Morgan fingerprint density at radius 1 is 1.29 bits per heavy atom. The predicted molar refractivity (Wildman–Crippen MR) is 82.6 cm³/mol. The van der Waals surface area contributed by atoms with Crippen LogP contribution in [-0.2, 0) is 14.3 Å². The molecule has 0 aliphatic rings. The highest BCUT2D eigenvalue weighted by atomic mass is 16.5. The van der Waals surface area contributed by atoms with Crippen LogP contribution in [0.5, 0.6) is 5.75 Å². The van der Waals surface area contributed by atoms with Crippen molar-refractivity contribution in [1.82, 2.24) is 0 Å². The number of nitrogen functional groups attached to an aromatic ring is 1. The van der Waals surface area contributed by atoms with Gasteiger partial charge in [-0.15, -0.1) is 0 Å². The summed E-state index contributed by atoms with van der Waals surface area (Å²) in [5.41, 5.74) is 6.59. The minimum Gasteiger partial charge on any atom is -0.497 e. The monoisotopic (exact) mass is 296 g/mol. The number of hydrogen-bond donors (Lipinski definition) is 2. The highest BCUT2D eigenvalue weighted by Crippen LogP contribution is 2.23. The van der Waals surface area contributed by atoms with Gasteiger partial charge in [0.25, 0.3) is 0 Å². The van der Waals surface area contributed by atoms with E-state index in [1.807, 2.05) is 20.8 Å². The molecular weight excluding hydrogens is 272 g/mol. The van der Waals surface area contributed by atoms with Crippen molar-refractivity contribution >= 4 is 17.3 Å². The van der Waals surface area contributed by atoms with Crippen LogP contribution >= 0.6 is 0 Å². The summed E-state index contributed by atoms with van der Waals surface area (Å²) in [7, 11) is 1.56. The van der Waals surface area contributed by atoms with Crippen molar-refractivity contribution < 1.29 is 19.0 Å². The predicted octanol–water partition coefficient (Wildman–Crippen LogP) is 2.05. The van der Waals surface area contributed by atoms with Crippen molar-refractivity contribution in [2.45, 2.75) is 26.4 Å². The van der Waals surface area contributed by atoms with Gasteiger partial charge in [0.15, 0.2) is 0 Å². The van der Waals surface area contributed by atoms with Gasteiger partial charge in [0, 0.05) is 6.07 Å². The molecule has 0 saturated carbocycles. The zero-order valence-electron chi connectivity index (χ0n) is 13.1. The number of carbonyl (C=O) groups is 1. The van der Waals surface area contributed by atoms with E-state index in [0.717, 1.165) is 0 Å². The molecule has 0 atom stereocenters. The molecule has 21 heavy (non-hydrogen) atoms. The van der Waals surface area contributed by atoms with Crippen molar-refractivity contribution in [2.75, 3.05) is 38.0 Å². The second-order valence-electron chi connectivity index (χ2n) is 5.51. The number of nitrogens with one attached hydrogen (secondary N) is 1. The molecule has 0 aromatic heterocycles. The minimum absolute atomic E-state index is 0.0427. The molecule has 1 aromatic rings. The molecule has 0 spiro atoms. The first kappa shape index (κ1) is 17.3. The Morgan fingerprint density at radius 3 is 2.57 bits per heavy atom. The van der Waals surface area contributed by atoms with Gasteiger partial charge in [-0.05, 0) is 32.9 Å². The zero-order valence-corrected chi connectivity index (χ0v) is 13.1. The highest BCUT2D eigenvalue weighted by Gasteiger charge is 2.10. The van der Waals surface area contributed by atoms with Crippen LogP contribution in [-0.4, -0.2) is 38.4 Å². The van der Waals surface area contributed by atoms with Gasteiger partial charge in [-0.3, -0.25) is 4.79 Å². The maximum Gasteiger partial charge on any atom is 0.250 e. The molecule has 0 radical (unpaired) electrons. The van der Waals surface area contributed by atoms with Gasteiger partial charge >= 0.3 is 0 Å². The number of ether oxygens (including phenoxy) is 3. The molecule has 6 heteroatoms. The first-order valence-electron chi connectivity index (χ1n) is 6.77. The van der Waals surface area contributed by atoms with Gasteiger partial charge in [-0.1, -0.05) is 0 Å². The molecule has 0 aliphatic heterocycles. The molecule has 0 heterocycles. The Kier molecular flexibility index (Phi) is 6.45. The van der Waals surface area contributed by atoms with E-state index in [1.54, 1.807) is 25.3 Å². The molecule has 0 saturated heterocycles. The van der Waals surface area contributed by atoms with Crippen LogP contribution in [0.25, 0.3) is 0 Å². The van der Waals surface area contributed by atoms with E-state index in [0.29, 0.717) is 30.3 Å². The molecule has 118 valence electrons. The van der Waals surface area contributed by atoms with Gasteiger partial charge in [0.1, 0.15) is 12.4 Å². The van der Waals surface area contributed by atoms with Crippen LogP contribution in [0, 0.1) is 0 Å². The number of nitrogens with two attached hydrogens (primary N) is 1. The Bertz CT molecular complexity index is 469. The largest absolute Gasteiger partial charge is 0.497 e. The number of anilines is 2. The van der Waals surface area contributed by atoms with Crippen LogP contribution in [0.2, 0.25) is 0 Å². The molecule has 1 rings (SSSR count). The van der Waals surface area contributed by atoms with Crippen molar-refractivity contribution in [1.29, 1.82) is 0 Å². The summed E-state index contributed by atoms with van der Waals surface area (Å²) < 4.78 is 15.8. The first-order valence-corrected chi connectivity index (χ1v) is 6.77. The number of carbonyl (C=O) groups excluding carboxylic acids is 1. The van der Waals surface area contributed by atoms with Crippen LogP contribution in [0.15, 0.2) is 18.2 Å². The van der Waals surface area contributed by atoms with Crippen molar-refractivity contribution in [2.24, 2.45) is 0 Å². The third-order valence-electron chi connectivity index (χ3n) is 2.53. The molecule has 0 unspecified atom stereocenters. The van der Waals surface area contributed by atoms with Crippen molar-refractivity contribution in [3.05, 3.63) is 18.2 Å². The number of benzene rings is 1. The lowest BCUT2D eigenvalue weighted by Crippen LogP contribution is -2.24. The van der Waals surface area contributed by atoms with Gasteiger partial charge in [-0.25, -0.2) is 0 Å². The van der Waals surface area contributed by atoms with E-state index in [-0.39, 0.29) is 18.1 Å². The van der Waals surface area contributed by atoms with Gasteiger partial charge in [-0.2, -0.15) is 0 Å². The molecule has 6 nitrogen and oxygen atoms in total. The lowest BCUT2D eigenvalue weighted by Gasteiger charge is -2.19. The van der Waals surface area contributed by atoms with Crippen LogP contribution in [0.1, 0.15) is 20.8 Å². The summed E-state index contributed by atoms with van der Waals surface area (Å²) in [6, 6.07) is 5.06. The molecule has 0 bridgehead atoms.